The first kappa shape index (κ1) is 16.8. The molecule has 1 heterocycles. The van der Waals surface area contributed by atoms with Crippen LogP contribution in [0.5, 0.6) is 0 Å². The second-order valence-corrected chi connectivity index (χ2v) is 7.56. The molecule has 2 rings (SSSR count). The first-order chi connectivity index (χ1) is 10.3. The van der Waals surface area contributed by atoms with Crippen molar-refractivity contribution in [2.75, 3.05) is 19.7 Å². The minimum atomic E-state index is -3.80. The second-order valence-electron chi connectivity index (χ2n) is 5.95. The lowest BCUT2D eigenvalue weighted by Gasteiger charge is -2.34. The molecule has 0 bridgehead atoms. The zero-order valence-corrected chi connectivity index (χ0v) is 13.5. The van der Waals surface area contributed by atoms with Crippen LogP contribution in [0.15, 0.2) is 29.2 Å². The highest BCUT2D eigenvalue weighted by Crippen LogP contribution is 2.23. The number of aryl methyl sites for hydroxylation is 1. The van der Waals surface area contributed by atoms with Gasteiger partial charge in [-0.25, -0.2) is 4.79 Å². The highest BCUT2D eigenvalue weighted by atomic mass is 32.2. The van der Waals surface area contributed by atoms with Crippen LogP contribution >= 0.6 is 0 Å². The lowest BCUT2D eigenvalue weighted by atomic mass is 9.91. The summed E-state index contributed by atoms with van der Waals surface area (Å²) in [6.07, 6.45) is -0.217. The van der Waals surface area contributed by atoms with Crippen LogP contribution in [0.4, 0.5) is 4.79 Å². The molecule has 0 radical (unpaired) electrons. The summed E-state index contributed by atoms with van der Waals surface area (Å²) in [6, 6.07) is 6.45. The van der Waals surface area contributed by atoms with Crippen molar-refractivity contribution in [1.29, 1.82) is 0 Å². The number of benzene rings is 1. The monoisotopic (exact) mass is 327 g/mol. The molecule has 1 aliphatic heterocycles. The fourth-order valence-electron chi connectivity index (χ4n) is 2.72. The predicted molar refractivity (Wildman–Crippen MR) is 81.2 cm³/mol. The smallest absolute Gasteiger partial charge is 0.407 e. The lowest BCUT2D eigenvalue weighted by molar-refractivity contribution is 0.0861. The Morgan fingerprint density at radius 1 is 1.32 bits per heavy atom. The van der Waals surface area contributed by atoms with Crippen LogP contribution in [-0.4, -0.2) is 44.2 Å². The molecule has 0 aromatic heterocycles. The Balaban J connectivity index is 1.99. The van der Waals surface area contributed by atoms with Crippen LogP contribution in [0.25, 0.3) is 0 Å². The zero-order valence-electron chi connectivity index (χ0n) is 12.7. The van der Waals surface area contributed by atoms with Crippen molar-refractivity contribution in [3.8, 4) is 0 Å². The maximum Gasteiger partial charge on any atom is 0.407 e. The molecule has 1 fully saturated rings. The number of hydrogen-bond donors (Lipinski definition) is 1. The summed E-state index contributed by atoms with van der Waals surface area (Å²) < 4.78 is 29.4. The SMILES string of the molecule is Cc1ccc(S(=O)(=O)OCC2CC(C)CN(C(=O)O)C2)cc1. The van der Waals surface area contributed by atoms with E-state index in [0.29, 0.717) is 13.1 Å². The Hall–Kier alpha value is -1.60. The van der Waals surface area contributed by atoms with Gasteiger partial charge in [-0.3, -0.25) is 4.18 Å². The molecular formula is C15H21NO5S. The Morgan fingerprint density at radius 2 is 1.95 bits per heavy atom. The van der Waals surface area contributed by atoms with Crippen molar-refractivity contribution in [3.05, 3.63) is 29.8 Å². The van der Waals surface area contributed by atoms with Crippen molar-refractivity contribution in [3.63, 3.8) is 0 Å². The summed E-state index contributed by atoms with van der Waals surface area (Å²) in [4.78, 5) is 12.5. The molecule has 0 saturated carbocycles. The lowest BCUT2D eigenvalue weighted by Crippen LogP contribution is -2.44. The Kier molecular flexibility index (Phi) is 5.08. The summed E-state index contributed by atoms with van der Waals surface area (Å²) in [5, 5.41) is 9.07. The number of rotatable bonds is 4. The molecule has 1 aliphatic rings. The fourth-order valence-corrected chi connectivity index (χ4v) is 3.69. The van der Waals surface area contributed by atoms with Crippen molar-refractivity contribution in [1.82, 2.24) is 4.90 Å². The highest BCUT2D eigenvalue weighted by molar-refractivity contribution is 7.86. The second kappa shape index (κ2) is 6.66. The van der Waals surface area contributed by atoms with E-state index in [-0.39, 0.29) is 23.3 Å². The summed E-state index contributed by atoms with van der Waals surface area (Å²) in [6.45, 7) is 4.63. The Morgan fingerprint density at radius 3 is 2.55 bits per heavy atom. The maximum absolute atomic E-state index is 12.1. The summed E-state index contributed by atoms with van der Waals surface area (Å²) in [5.41, 5.74) is 0.970. The van der Waals surface area contributed by atoms with Crippen LogP contribution in [0.1, 0.15) is 18.9 Å². The van der Waals surface area contributed by atoms with Crippen molar-refractivity contribution >= 4 is 16.2 Å². The molecule has 2 atom stereocenters. The van der Waals surface area contributed by atoms with Crippen LogP contribution < -0.4 is 0 Å². The van der Waals surface area contributed by atoms with E-state index in [4.69, 9.17) is 9.29 Å². The van der Waals surface area contributed by atoms with Gasteiger partial charge < -0.3 is 10.0 Å². The number of hydrogen-bond acceptors (Lipinski definition) is 4. The van der Waals surface area contributed by atoms with Crippen molar-refractivity contribution in [2.45, 2.75) is 25.2 Å². The summed E-state index contributed by atoms with van der Waals surface area (Å²) >= 11 is 0. The van der Waals surface area contributed by atoms with Gasteiger partial charge in [0.2, 0.25) is 0 Å². The van der Waals surface area contributed by atoms with E-state index in [1.54, 1.807) is 12.1 Å². The normalized spacial score (nSPS) is 22.5. The van der Waals surface area contributed by atoms with E-state index in [1.165, 1.54) is 17.0 Å². The van der Waals surface area contributed by atoms with Crippen molar-refractivity contribution < 1.29 is 22.5 Å². The molecule has 122 valence electrons. The minimum absolute atomic E-state index is 0.00430. The molecule has 2 unspecified atom stereocenters. The van der Waals surface area contributed by atoms with Gasteiger partial charge in [-0.1, -0.05) is 24.6 Å². The van der Waals surface area contributed by atoms with Gasteiger partial charge in [-0.05, 0) is 31.4 Å². The van der Waals surface area contributed by atoms with E-state index in [9.17, 15) is 13.2 Å². The third-order valence-corrected chi connectivity index (χ3v) is 5.08. The van der Waals surface area contributed by atoms with Gasteiger partial charge in [0, 0.05) is 19.0 Å². The Labute approximate surface area is 130 Å². The molecule has 22 heavy (non-hydrogen) atoms. The molecular weight excluding hydrogens is 306 g/mol. The minimum Gasteiger partial charge on any atom is -0.465 e. The topological polar surface area (TPSA) is 83.9 Å². The fraction of sp³-hybridized carbons (Fsp3) is 0.533. The van der Waals surface area contributed by atoms with E-state index in [1.807, 2.05) is 13.8 Å². The molecule has 6 nitrogen and oxygen atoms in total. The molecule has 1 aromatic rings. The van der Waals surface area contributed by atoms with Gasteiger partial charge in [0.05, 0.1) is 11.5 Å². The van der Waals surface area contributed by atoms with Crippen LogP contribution in [0.2, 0.25) is 0 Å². The largest absolute Gasteiger partial charge is 0.465 e. The van der Waals surface area contributed by atoms with E-state index < -0.39 is 16.2 Å². The predicted octanol–water partition coefficient (Wildman–Crippen LogP) is 2.34. The zero-order chi connectivity index (χ0) is 16.3. The van der Waals surface area contributed by atoms with Gasteiger partial charge in [0.1, 0.15) is 0 Å². The number of carbonyl (C=O) groups is 1. The van der Waals surface area contributed by atoms with Crippen LogP contribution in [0.3, 0.4) is 0 Å². The molecule has 7 heteroatoms. The van der Waals surface area contributed by atoms with E-state index >= 15 is 0 Å². The quantitative estimate of drug-likeness (QED) is 0.858. The number of likely N-dealkylation sites (tertiary alicyclic amines) is 1. The third-order valence-electron chi connectivity index (χ3n) is 3.79. The maximum atomic E-state index is 12.1. The van der Waals surface area contributed by atoms with Gasteiger partial charge in [0.25, 0.3) is 10.1 Å². The third kappa shape index (κ3) is 4.20. The Bertz CT molecular complexity index is 626. The van der Waals surface area contributed by atoms with Gasteiger partial charge in [-0.2, -0.15) is 8.42 Å². The van der Waals surface area contributed by atoms with E-state index in [0.717, 1.165) is 12.0 Å². The average Bonchev–Trinajstić information content (AvgIpc) is 2.45. The standard InChI is InChI=1S/C15H21NO5S/c1-11-3-5-14(6-4-11)22(19,20)21-10-13-7-12(2)8-16(9-13)15(17)18/h3-6,12-13H,7-10H2,1-2H3,(H,17,18). The first-order valence-corrected chi connectivity index (χ1v) is 8.62. The molecule has 1 aromatic carbocycles. The number of nitrogens with zero attached hydrogens (tertiary/aromatic N) is 1. The average molecular weight is 327 g/mol. The molecule has 0 spiro atoms. The molecule has 1 amide bonds. The molecule has 0 aliphatic carbocycles. The van der Waals surface area contributed by atoms with Gasteiger partial charge in [0.15, 0.2) is 0 Å². The summed E-state index contributed by atoms with van der Waals surface area (Å²) in [7, 11) is -3.80. The van der Waals surface area contributed by atoms with Gasteiger partial charge in [-0.15, -0.1) is 0 Å². The molecule has 1 saturated heterocycles. The number of carboxylic acid groups (broad SMARTS) is 1. The van der Waals surface area contributed by atoms with Crippen LogP contribution in [-0.2, 0) is 14.3 Å². The van der Waals surface area contributed by atoms with Crippen LogP contribution in [0, 0.1) is 18.8 Å². The number of amides is 1. The van der Waals surface area contributed by atoms with Crippen molar-refractivity contribution in [2.24, 2.45) is 11.8 Å². The van der Waals surface area contributed by atoms with Gasteiger partial charge >= 0.3 is 6.09 Å². The molecule has 1 N–H and O–H groups in total. The summed E-state index contributed by atoms with van der Waals surface area (Å²) in [5.74, 6) is 0.0839. The first-order valence-electron chi connectivity index (χ1n) is 7.22. The number of piperidine rings is 1. The van der Waals surface area contributed by atoms with E-state index in [2.05, 4.69) is 0 Å². The highest BCUT2D eigenvalue weighted by Gasteiger charge is 2.29.